The van der Waals surface area contributed by atoms with Gasteiger partial charge in [0.05, 0.1) is 0 Å². The number of hydrogen-bond acceptors (Lipinski definition) is 4. The highest BCUT2D eigenvalue weighted by molar-refractivity contribution is 6.30. The molecule has 2 fully saturated rings. The smallest absolute Gasteiger partial charge is 0.137 e. The lowest BCUT2D eigenvalue weighted by Gasteiger charge is -2.32. The van der Waals surface area contributed by atoms with Gasteiger partial charge in [-0.3, -0.25) is 4.90 Å². The number of piperidine rings is 1. The predicted molar refractivity (Wildman–Crippen MR) is 87.2 cm³/mol. The molecule has 1 aromatic rings. The quantitative estimate of drug-likeness (QED) is 0.803. The van der Waals surface area contributed by atoms with Crippen LogP contribution in [-0.4, -0.2) is 47.1 Å². The van der Waals surface area contributed by atoms with E-state index in [1.807, 2.05) is 6.92 Å². The van der Waals surface area contributed by atoms with Crippen molar-refractivity contribution in [2.75, 3.05) is 31.1 Å². The van der Waals surface area contributed by atoms with Gasteiger partial charge in [0.2, 0.25) is 0 Å². The summed E-state index contributed by atoms with van der Waals surface area (Å²) in [5.74, 6) is 1.90. The van der Waals surface area contributed by atoms with E-state index in [1.165, 1.54) is 38.8 Å². The maximum absolute atomic E-state index is 6.27. The highest BCUT2D eigenvalue weighted by Crippen LogP contribution is 2.28. The Hall–Kier alpha value is -0.870. The minimum atomic E-state index is 0.610. The SMILES string of the molecule is CCc1nc(Cl)c(C)c(N2CCC(N3CCCCC3)C2)n1. The van der Waals surface area contributed by atoms with Crippen molar-refractivity contribution in [1.29, 1.82) is 0 Å². The van der Waals surface area contributed by atoms with Crippen LogP contribution in [0, 0.1) is 6.92 Å². The fourth-order valence-electron chi connectivity index (χ4n) is 3.50. The lowest BCUT2D eigenvalue weighted by atomic mass is 10.1. The maximum atomic E-state index is 6.27. The van der Waals surface area contributed by atoms with Crippen molar-refractivity contribution >= 4 is 17.4 Å². The number of anilines is 1. The van der Waals surface area contributed by atoms with Gasteiger partial charge in [-0.2, -0.15) is 0 Å². The average Bonchev–Trinajstić information content (AvgIpc) is 3.00. The summed E-state index contributed by atoms with van der Waals surface area (Å²) in [7, 11) is 0. The van der Waals surface area contributed by atoms with Gasteiger partial charge < -0.3 is 4.90 Å². The molecule has 3 heterocycles. The monoisotopic (exact) mass is 308 g/mol. The van der Waals surface area contributed by atoms with Crippen molar-refractivity contribution < 1.29 is 0 Å². The van der Waals surface area contributed by atoms with E-state index in [0.29, 0.717) is 11.2 Å². The molecular formula is C16H25ClN4. The topological polar surface area (TPSA) is 32.3 Å². The van der Waals surface area contributed by atoms with Gasteiger partial charge in [0.15, 0.2) is 0 Å². The summed E-state index contributed by atoms with van der Waals surface area (Å²) in [6, 6.07) is 0.684. The molecule has 21 heavy (non-hydrogen) atoms. The Morgan fingerprint density at radius 1 is 1.14 bits per heavy atom. The van der Waals surface area contributed by atoms with E-state index < -0.39 is 0 Å². The Bertz CT molecular complexity index is 499. The van der Waals surface area contributed by atoms with Gasteiger partial charge in [-0.15, -0.1) is 0 Å². The molecule has 2 aliphatic rings. The summed E-state index contributed by atoms with van der Waals surface area (Å²) in [5.41, 5.74) is 1.02. The van der Waals surface area contributed by atoms with Crippen LogP contribution in [0.1, 0.15) is 44.0 Å². The van der Waals surface area contributed by atoms with Crippen LogP contribution in [-0.2, 0) is 6.42 Å². The Kier molecular flexibility index (Phi) is 4.65. The third-order valence-corrected chi connectivity index (χ3v) is 5.16. The highest BCUT2D eigenvalue weighted by atomic mass is 35.5. The number of halogens is 1. The number of rotatable bonds is 3. The highest BCUT2D eigenvalue weighted by Gasteiger charge is 2.30. The molecule has 3 rings (SSSR count). The second-order valence-corrected chi connectivity index (χ2v) is 6.58. The van der Waals surface area contributed by atoms with E-state index in [1.54, 1.807) is 0 Å². The van der Waals surface area contributed by atoms with Gasteiger partial charge in [-0.1, -0.05) is 24.9 Å². The zero-order chi connectivity index (χ0) is 14.8. The lowest BCUT2D eigenvalue weighted by Crippen LogP contribution is -2.41. The summed E-state index contributed by atoms with van der Waals surface area (Å²) in [4.78, 5) is 14.1. The van der Waals surface area contributed by atoms with E-state index in [0.717, 1.165) is 36.7 Å². The van der Waals surface area contributed by atoms with Crippen molar-refractivity contribution in [2.24, 2.45) is 0 Å². The molecule has 0 N–H and O–H groups in total. The number of aryl methyl sites for hydroxylation is 1. The molecule has 0 spiro atoms. The van der Waals surface area contributed by atoms with Crippen LogP contribution < -0.4 is 4.90 Å². The molecule has 0 aromatic carbocycles. The van der Waals surface area contributed by atoms with Crippen molar-refractivity contribution in [2.45, 2.75) is 52.0 Å². The molecule has 0 radical (unpaired) electrons. The minimum absolute atomic E-state index is 0.610. The van der Waals surface area contributed by atoms with Crippen LogP contribution in [0.25, 0.3) is 0 Å². The molecule has 116 valence electrons. The Balaban J connectivity index is 1.75. The van der Waals surface area contributed by atoms with Crippen LogP contribution >= 0.6 is 11.6 Å². The molecule has 2 aliphatic heterocycles. The van der Waals surface area contributed by atoms with Crippen molar-refractivity contribution in [3.63, 3.8) is 0 Å². The Labute approximate surface area is 132 Å². The molecule has 0 saturated carbocycles. The number of hydrogen-bond donors (Lipinski definition) is 0. The predicted octanol–water partition coefficient (Wildman–Crippen LogP) is 3.07. The molecule has 5 heteroatoms. The van der Waals surface area contributed by atoms with Gasteiger partial charge in [-0.05, 0) is 39.3 Å². The second kappa shape index (κ2) is 6.49. The molecule has 1 unspecified atom stereocenters. The fourth-order valence-corrected chi connectivity index (χ4v) is 3.68. The zero-order valence-electron chi connectivity index (χ0n) is 13.1. The molecule has 1 aromatic heterocycles. The van der Waals surface area contributed by atoms with Crippen LogP contribution in [0.3, 0.4) is 0 Å². The average molecular weight is 309 g/mol. The summed E-state index contributed by atoms with van der Waals surface area (Å²) >= 11 is 6.27. The molecule has 0 bridgehead atoms. The number of nitrogens with zero attached hydrogens (tertiary/aromatic N) is 4. The van der Waals surface area contributed by atoms with Crippen molar-refractivity contribution in [1.82, 2.24) is 14.9 Å². The first-order chi connectivity index (χ1) is 10.2. The first kappa shape index (κ1) is 15.0. The summed E-state index contributed by atoms with van der Waals surface area (Å²) in [5, 5.41) is 0.610. The van der Waals surface area contributed by atoms with Gasteiger partial charge >= 0.3 is 0 Å². The van der Waals surface area contributed by atoms with Gasteiger partial charge in [0.1, 0.15) is 16.8 Å². The van der Waals surface area contributed by atoms with E-state index in [4.69, 9.17) is 16.6 Å². The van der Waals surface area contributed by atoms with Gasteiger partial charge in [-0.25, -0.2) is 9.97 Å². The van der Waals surface area contributed by atoms with E-state index in [-0.39, 0.29) is 0 Å². The molecule has 4 nitrogen and oxygen atoms in total. The van der Waals surface area contributed by atoms with Crippen molar-refractivity contribution in [3.05, 3.63) is 16.5 Å². The van der Waals surface area contributed by atoms with E-state index in [2.05, 4.69) is 21.7 Å². The Morgan fingerprint density at radius 3 is 2.62 bits per heavy atom. The van der Waals surface area contributed by atoms with Crippen LogP contribution in [0.2, 0.25) is 5.15 Å². The zero-order valence-corrected chi connectivity index (χ0v) is 13.9. The normalized spacial score (nSPS) is 23.8. The van der Waals surface area contributed by atoms with Gasteiger partial charge in [0, 0.05) is 31.1 Å². The first-order valence-corrected chi connectivity index (χ1v) is 8.59. The molecule has 1 atom stereocenters. The third-order valence-electron chi connectivity index (χ3n) is 4.79. The van der Waals surface area contributed by atoms with Gasteiger partial charge in [0.25, 0.3) is 0 Å². The van der Waals surface area contributed by atoms with Crippen LogP contribution in [0.5, 0.6) is 0 Å². The summed E-state index contributed by atoms with van der Waals surface area (Å²) in [6.07, 6.45) is 6.18. The second-order valence-electron chi connectivity index (χ2n) is 6.22. The molecular weight excluding hydrogens is 284 g/mol. The first-order valence-electron chi connectivity index (χ1n) is 8.21. The minimum Gasteiger partial charge on any atom is -0.355 e. The number of likely N-dealkylation sites (tertiary alicyclic amines) is 1. The molecule has 2 saturated heterocycles. The Morgan fingerprint density at radius 2 is 1.90 bits per heavy atom. The standard InChI is InChI=1S/C16H25ClN4/c1-3-14-18-15(17)12(2)16(19-14)21-10-7-13(11-21)20-8-5-4-6-9-20/h13H,3-11H2,1-2H3. The fraction of sp³-hybridized carbons (Fsp3) is 0.750. The number of aromatic nitrogens is 2. The molecule has 0 aliphatic carbocycles. The summed E-state index contributed by atoms with van der Waals surface area (Å²) in [6.45, 7) is 8.80. The third kappa shape index (κ3) is 3.16. The molecule has 0 amide bonds. The summed E-state index contributed by atoms with van der Waals surface area (Å²) < 4.78 is 0. The van der Waals surface area contributed by atoms with E-state index >= 15 is 0 Å². The van der Waals surface area contributed by atoms with Crippen LogP contribution in [0.4, 0.5) is 5.82 Å². The van der Waals surface area contributed by atoms with Crippen LogP contribution in [0.15, 0.2) is 0 Å². The largest absolute Gasteiger partial charge is 0.355 e. The van der Waals surface area contributed by atoms with E-state index in [9.17, 15) is 0 Å². The lowest BCUT2D eigenvalue weighted by molar-refractivity contribution is 0.174. The van der Waals surface area contributed by atoms with Crippen molar-refractivity contribution in [3.8, 4) is 0 Å². The maximum Gasteiger partial charge on any atom is 0.137 e.